The monoisotopic (exact) mass is 443 g/mol. The fourth-order valence-electron chi connectivity index (χ4n) is 2.31. The molecule has 0 unspecified atom stereocenters. The molecule has 5 nitrogen and oxygen atoms in total. The summed E-state index contributed by atoms with van der Waals surface area (Å²) in [5, 5.41) is 4.46. The molecule has 140 valence electrons. The molecule has 0 saturated heterocycles. The number of nitrogens with one attached hydrogen (secondary N) is 1. The molecule has 0 saturated carbocycles. The van der Waals surface area contributed by atoms with E-state index in [-0.39, 0.29) is 9.90 Å². The van der Waals surface area contributed by atoms with Gasteiger partial charge in [0.25, 0.3) is 5.91 Å². The largest absolute Gasteiger partial charge is 0.495 e. The molecular weight excluding hydrogens is 433 g/mol. The van der Waals surface area contributed by atoms with E-state index in [4.69, 9.17) is 44.3 Å². The second-order valence-corrected chi connectivity index (χ2v) is 7.63. The summed E-state index contributed by atoms with van der Waals surface area (Å²) in [5.74, 6) is -0.703. The zero-order valence-electron chi connectivity index (χ0n) is 13.8. The standard InChI is InChI=1S/C18H12Cl3NO4S/c1-25-13-5-3-10(7-12(13)20)22-15(23)8-26-18(24)17-16(21)11-4-2-9(19)6-14(11)27-17/h2-7H,8H2,1H3,(H,22,23). The summed E-state index contributed by atoms with van der Waals surface area (Å²) in [4.78, 5) is 24.5. The first-order valence-electron chi connectivity index (χ1n) is 7.57. The molecule has 0 aliphatic heterocycles. The van der Waals surface area contributed by atoms with Gasteiger partial charge in [-0.2, -0.15) is 0 Å². The van der Waals surface area contributed by atoms with E-state index in [0.29, 0.717) is 26.9 Å². The molecule has 1 N–H and O–H groups in total. The minimum atomic E-state index is -0.680. The van der Waals surface area contributed by atoms with Gasteiger partial charge >= 0.3 is 5.97 Å². The number of rotatable bonds is 5. The van der Waals surface area contributed by atoms with Crippen molar-refractivity contribution in [3.05, 3.63) is 56.3 Å². The number of amides is 1. The molecule has 1 aromatic heterocycles. The Bertz CT molecular complexity index is 1030. The van der Waals surface area contributed by atoms with Crippen molar-refractivity contribution in [1.29, 1.82) is 0 Å². The lowest BCUT2D eigenvalue weighted by atomic mass is 10.2. The molecule has 0 aliphatic carbocycles. The number of hydrogen-bond acceptors (Lipinski definition) is 5. The normalized spacial score (nSPS) is 10.7. The van der Waals surface area contributed by atoms with Crippen LogP contribution in [0, 0.1) is 0 Å². The van der Waals surface area contributed by atoms with Crippen molar-refractivity contribution in [2.75, 3.05) is 19.0 Å². The van der Waals surface area contributed by atoms with Crippen molar-refractivity contribution in [1.82, 2.24) is 0 Å². The lowest BCUT2D eigenvalue weighted by Gasteiger charge is -2.08. The summed E-state index contributed by atoms with van der Waals surface area (Å²) in [5.41, 5.74) is 0.455. The lowest BCUT2D eigenvalue weighted by Crippen LogP contribution is -2.20. The summed E-state index contributed by atoms with van der Waals surface area (Å²) < 4.78 is 10.9. The Kier molecular flexibility index (Phi) is 6.11. The van der Waals surface area contributed by atoms with Crippen LogP contribution in [0.1, 0.15) is 9.67 Å². The number of fused-ring (bicyclic) bond motifs is 1. The second kappa shape index (κ2) is 8.35. The maximum absolute atomic E-state index is 12.3. The molecule has 2 aromatic carbocycles. The first-order chi connectivity index (χ1) is 12.9. The minimum absolute atomic E-state index is 0.217. The highest BCUT2D eigenvalue weighted by atomic mass is 35.5. The Morgan fingerprint density at radius 3 is 2.59 bits per heavy atom. The van der Waals surface area contributed by atoms with Gasteiger partial charge in [0.1, 0.15) is 10.6 Å². The summed E-state index contributed by atoms with van der Waals surface area (Å²) in [6.45, 7) is -0.464. The molecule has 1 amide bonds. The summed E-state index contributed by atoms with van der Waals surface area (Å²) in [6.07, 6.45) is 0. The van der Waals surface area contributed by atoms with Gasteiger partial charge in [0.2, 0.25) is 0 Å². The molecule has 0 fully saturated rings. The van der Waals surface area contributed by atoms with Gasteiger partial charge in [-0.3, -0.25) is 4.79 Å². The Labute approximate surface area is 173 Å². The van der Waals surface area contributed by atoms with E-state index in [1.807, 2.05) is 0 Å². The van der Waals surface area contributed by atoms with Crippen LogP contribution in [0.15, 0.2) is 36.4 Å². The number of halogens is 3. The molecular formula is C18H12Cl3NO4S. The SMILES string of the molecule is COc1ccc(NC(=O)COC(=O)c2sc3cc(Cl)ccc3c2Cl)cc1Cl. The highest BCUT2D eigenvalue weighted by Gasteiger charge is 2.19. The first-order valence-corrected chi connectivity index (χ1v) is 9.52. The van der Waals surface area contributed by atoms with Gasteiger partial charge in [0.05, 0.1) is 17.2 Å². The Balaban J connectivity index is 1.64. The predicted molar refractivity (Wildman–Crippen MR) is 109 cm³/mol. The van der Waals surface area contributed by atoms with Gasteiger partial charge in [0.15, 0.2) is 6.61 Å². The first kappa shape index (κ1) is 19.8. The van der Waals surface area contributed by atoms with Gasteiger partial charge in [-0.25, -0.2) is 4.79 Å². The number of hydrogen-bond donors (Lipinski definition) is 1. The van der Waals surface area contributed by atoms with Crippen molar-refractivity contribution >= 4 is 73.8 Å². The van der Waals surface area contributed by atoms with Crippen LogP contribution in [0.3, 0.4) is 0 Å². The van der Waals surface area contributed by atoms with Gasteiger partial charge in [0, 0.05) is 20.8 Å². The third-order valence-corrected chi connectivity index (χ3v) is 5.71. The van der Waals surface area contributed by atoms with Crippen LogP contribution in [-0.2, 0) is 9.53 Å². The third kappa shape index (κ3) is 4.47. The highest BCUT2D eigenvalue weighted by molar-refractivity contribution is 7.21. The maximum Gasteiger partial charge on any atom is 0.350 e. The third-order valence-electron chi connectivity index (χ3n) is 3.55. The maximum atomic E-state index is 12.3. The quantitative estimate of drug-likeness (QED) is 0.515. The van der Waals surface area contributed by atoms with E-state index in [0.717, 1.165) is 16.0 Å². The number of benzene rings is 2. The van der Waals surface area contributed by atoms with E-state index in [9.17, 15) is 9.59 Å². The lowest BCUT2D eigenvalue weighted by molar-refractivity contribution is -0.119. The molecule has 0 spiro atoms. The molecule has 3 rings (SSSR count). The zero-order chi connectivity index (χ0) is 19.6. The number of ether oxygens (including phenoxy) is 2. The van der Waals surface area contributed by atoms with Crippen LogP contribution in [-0.4, -0.2) is 25.6 Å². The zero-order valence-corrected chi connectivity index (χ0v) is 16.9. The van der Waals surface area contributed by atoms with Crippen molar-refractivity contribution in [2.45, 2.75) is 0 Å². The Hall–Kier alpha value is -1.99. The molecule has 0 bridgehead atoms. The summed E-state index contributed by atoms with van der Waals surface area (Å²) >= 11 is 19.3. The van der Waals surface area contributed by atoms with Gasteiger partial charge in [-0.05, 0) is 30.3 Å². The van der Waals surface area contributed by atoms with Gasteiger partial charge in [-0.15, -0.1) is 11.3 Å². The molecule has 3 aromatic rings. The van der Waals surface area contributed by atoms with Crippen molar-refractivity contribution in [2.24, 2.45) is 0 Å². The molecule has 0 radical (unpaired) electrons. The Morgan fingerprint density at radius 1 is 1.11 bits per heavy atom. The van der Waals surface area contributed by atoms with Gasteiger partial charge in [-0.1, -0.05) is 40.9 Å². The topological polar surface area (TPSA) is 64.6 Å². The predicted octanol–water partition coefficient (Wildman–Crippen LogP) is 5.67. The fraction of sp³-hybridized carbons (Fsp3) is 0.111. The number of carbonyl (C=O) groups is 2. The van der Waals surface area contributed by atoms with Crippen molar-refractivity contribution in [3.8, 4) is 5.75 Å². The fourth-order valence-corrected chi connectivity index (χ4v) is 4.24. The number of thiophene rings is 1. The van der Waals surface area contributed by atoms with Crippen LogP contribution in [0.5, 0.6) is 5.75 Å². The average molecular weight is 445 g/mol. The van der Waals surface area contributed by atoms with E-state index < -0.39 is 18.5 Å². The van der Waals surface area contributed by atoms with Crippen LogP contribution in [0.2, 0.25) is 15.1 Å². The second-order valence-electron chi connectivity index (χ2n) is 5.36. The number of carbonyl (C=O) groups excluding carboxylic acids is 2. The van der Waals surface area contributed by atoms with E-state index in [1.165, 1.54) is 13.2 Å². The highest BCUT2D eigenvalue weighted by Crippen LogP contribution is 2.37. The van der Waals surface area contributed by atoms with Crippen LogP contribution in [0.4, 0.5) is 5.69 Å². The molecule has 9 heteroatoms. The number of esters is 1. The molecule has 1 heterocycles. The molecule has 0 aliphatic rings. The molecule has 27 heavy (non-hydrogen) atoms. The van der Waals surface area contributed by atoms with Crippen LogP contribution in [0.25, 0.3) is 10.1 Å². The summed E-state index contributed by atoms with van der Waals surface area (Å²) in [6, 6.07) is 9.90. The average Bonchev–Trinajstić information content (AvgIpc) is 2.96. The van der Waals surface area contributed by atoms with E-state index >= 15 is 0 Å². The summed E-state index contributed by atoms with van der Waals surface area (Å²) in [7, 11) is 1.49. The van der Waals surface area contributed by atoms with Gasteiger partial charge < -0.3 is 14.8 Å². The number of anilines is 1. The molecule has 0 atom stereocenters. The Morgan fingerprint density at radius 2 is 1.89 bits per heavy atom. The van der Waals surface area contributed by atoms with Crippen LogP contribution < -0.4 is 10.1 Å². The smallest absolute Gasteiger partial charge is 0.350 e. The number of methoxy groups -OCH3 is 1. The van der Waals surface area contributed by atoms with E-state index in [1.54, 1.807) is 30.3 Å². The van der Waals surface area contributed by atoms with Crippen molar-refractivity contribution in [3.63, 3.8) is 0 Å². The van der Waals surface area contributed by atoms with E-state index in [2.05, 4.69) is 5.32 Å². The minimum Gasteiger partial charge on any atom is -0.495 e. The van der Waals surface area contributed by atoms with Crippen molar-refractivity contribution < 1.29 is 19.1 Å². The van der Waals surface area contributed by atoms with Crippen LogP contribution >= 0.6 is 46.1 Å².